The Morgan fingerprint density at radius 1 is 1.21 bits per heavy atom. The quantitative estimate of drug-likeness (QED) is 0.735. The standard InChI is InChI=1S/C22H28N2O5/c1-15(18-11-16(26-3)9-10-19(18)27-4)23-22(25)13-24(2)12-17-14-28-20-7-5-6-8-21(20)29-17/h5-11,15,17H,12-14H2,1-4H3,(H,23,25). The van der Waals surface area contributed by atoms with Crippen molar-refractivity contribution in [2.24, 2.45) is 0 Å². The molecular formula is C22H28N2O5. The highest BCUT2D eigenvalue weighted by Crippen LogP contribution is 2.31. The van der Waals surface area contributed by atoms with Crippen LogP contribution in [-0.2, 0) is 4.79 Å². The summed E-state index contributed by atoms with van der Waals surface area (Å²) in [4.78, 5) is 14.5. The molecule has 2 aromatic carbocycles. The third-order valence-corrected chi connectivity index (χ3v) is 4.78. The van der Waals surface area contributed by atoms with Crippen LogP contribution in [0.25, 0.3) is 0 Å². The monoisotopic (exact) mass is 400 g/mol. The van der Waals surface area contributed by atoms with E-state index in [9.17, 15) is 4.79 Å². The summed E-state index contributed by atoms with van der Waals surface area (Å²) in [6, 6.07) is 12.9. The summed E-state index contributed by atoms with van der Waals surface area (Å²) < 4.78 is 22.4. The van der Waals surface area contributed by atoms with Crippen LogP contribution in [0.2, 0.25) is 0 Å². The highest BCUT2D eigenvalue weighted by Gasteiger charge is 2.23. The molecule has 2 atom stereocenters. The molecule has 0 aliphatic carbocycles. The molecular weight excluding hydrogens is 372 g/mol. The van der Waals surface area contributed by atoms with Crippen LogP contribution in [0.5, 0.6) is 23.0 Å². The van der Waals surface area contributed by atoms with E-state index < -0.39 is 0 Å². The highest BCUT2D eigenvalue weighted by atomic mass is 16.6. The lowest BCUT2D eigenvalue weighted by atomic mass is 10.1. The molecule has 0 fully saturated rings. The minimum Gasteiger partial charge on any atom is -0.497 e. The van der Waals surface area contributed by atoms with Crippen LogP contribution in [0.3, 0.4) is 0 Å². The second-order valence-corrected chi connectivity index (χ2v) is 7.09. The smallest absolute Gasteiger partial charge is 0.234 e. The molecule has 29 heavy (non-hydrogen) atoms. The van der Waals surface area contributed by atoms with E-state index in [2.05, 4.69) is 5.32 Å². The number of amides is 1. The van der Waals surface area contributed by atoms with Crippen LogP contribution >= 0.6 is 0 Å². The van der Waals surface area contributed by atoms with E-state index in [0.29, 0.717) is 24.7 Å². The Morgan fingerprint density at radius 3 is 2.69 bits per heavy atom. The topological polar surface area (TPSA) is 69.3 Å². The van der Waals surface area contributed by atoms with E-state index in [1.165, 1.54) is 0 Å². The number of fused-ring (bicyclic) bond motifs is 1. The van der Waals surface area contributed by atoms with Crippen molar-refractivity contribution in [3.8, 4) is 23.0 Å². The normalized spacial score (nSPS) is 16.2. The van der Waals surface area contributed by atoms with E-state index in [1.54, 1.807) is 14.2 Å². The van der Waals surface area contributed by atoms with Gasteiger partial charge in [-0.15, -0.1) is 0 Å². The molecule has 7 heteroatoms. The van der Waals surface area contributed by atoms with Gasteiger partial charge in [0.2, 0.25) is 5.91 Å². The van der Waals surface area contributed by atoms with Gasteiger partial charge in [-0.3, -0.25) is 9.69 Å². The third-order valence-electron chi connectivity index (χ3n) is 4.78. The first kappa shape index (κ1) is 20.8. The van der Waals surface area contributed by atoms with Crippen LogP contribution in [-0.4, -0.2) is 57.9 Å². The zero-order valence-electron chi connectivity index (χ0n) is 17.3. The van der Waals surface area contributed by atoms with Gasteiger partial charge in [0.1, 0.15) is 24.2 Å². The first-order valence-electron chi connectivity index (χ1n) is 9.58. The number of benzene rings is 2. The lowest BCUT2D eigenvalue weighted by molar-refractivity contribution is -0.122. The summed E-state index contributed by atoms with van der Waals surface area (Å²) in [5, 5.41) is 3.02. The van der Waals surface area contributed by atoms with Gasteiger partial charge in [0.15, 0.2) is 11.5 Å². The van der Waals surface area contributed by atoms with E-state index in [4.69, 9.17) is 18.9 Å². The lowest BCUT2D eigenvalue weighted by Crippen LogP contribution is -2.43. The number of para-hydroxylation sites is 2. The van der Waals surface area contributed by atoms with Crippen molar-refractivity contribution in [1.82, 2.24) is 10.2 Å². The number of hydrogen-bond donors (Lipinski definition) is 1. The molecule has 1 heterocycles. The molecule has 1 aliphatic rings. The Hall–Kier alpha value is -2.93. The zero-order valence-corrected chi connectivity index (χ0v) is 17.3. The SMILES string of the molecule is COc1ccc(OC)c(C(C)NC(=O)CN(C)CC2COc3ccccc3O2)c1. The maximum absolute atomic E-state index is 12.5. The van der Waals surface area contributed by atoms with Gasteiger partial charge in [-0.2, -0.15) is 0 Å². The number of methoxy groups -OCH3 is 2. The van der Waals surface area contributed by atoms with E-state index in [-0.39, 0.29) is 24.6 Å². The second-order valence-electron chi connectivity index (χ2n) is 7.09. The number of nitrogens with one attached hydrogen (secondary N) is 1. The summed E-state index contributed by atoms with van der Waals surface area (Å²) in [5.41, 5.74) is 0.864. The first-order valence-corrected chi connectivity index (χ1v) is 9.58. The predicted molar refractivity (Wildman–Crippen MR) is 110 cm³/mol. The van der Waals surface area contributed by atoms with Crippen LogP contribution in [0.4, 0.5) is 0 Å². The fourth-order valence-electron chi connectivity index (χ4n) is 3.35. The van der Waals surface area contributed by atoms with Crippen molar-refractivity contribution in [3.05, 3.63) is 48.0 Å². The van der Waals surface area contributed by atoms with Crippen molar-refractivity contribution < 1.29 is 23.7 Å². The molecule has 1 N–H and O–H groups in total. The van der Waals surface area contributed by atoms with Crippen molar-refractivity contribution >= 4 is 5.91 Å². The number of carbonyl (C=O) groups is 1. The maximum Gasteiger partial charge on any atom is 0.234 e. The Balaban J connectivity index is 1.53. The first-order chi connectivity index (χ1) is 14.0. The molecule has 0 bridgehead atoms. The molecule has 156 valence electrons. The maximum atomic E-state index is 12.5. The molecule has 0 saturated heterocycles. The summed E-state index contributed by atoms with van der Waals surface area (Å²) >= 11 is 0. The molecule has 0 radical (unpaired) electrons. The average molecular weight is 400 g/mol. The Labute approximate surface area is 171 Å². The Bertz CT molecular complexity index is 842. The van der Waals surface area contributed by atoms with Gasteiger partial charge in [-0.25, -0.2) is 0 Å². The predicted octanol–water partition coefficient (Wildman–Crippen LogP) is 2.65. The van der Waals surface area contributed by atoms with Crippen molar-refractivity contribution in [1.29, 1.82) is 0 Å². The number of ether oxygens (including phenoxy) is 4. The number of rotatable bonds is 8. The molecule has 0 spiro atoms. The summed E-state index contributed by atoms with van der Waals surface area (Å²) in [6.07, 6.45) is -0.126. The van der Waals surface area contributed by atoms with Crippen molar-refractivity contribution in [2.45, 2.75) is 19.1 Å². The summed E-state index contributed by atoms with van der Waals surface area (Å²) in [7, 11) is 5.11. The van der Waals surface area contributed by atoms with Gasteiger partial charge in [0.05, 0.1) is 26.8 Å². The van der Waals surface area contributed by atoms with Crippen LogP contribution in [0.1, 0.15) is 18.5 Å². The molecule has 1 aliphatic heterocycles. The fourth-order valence-corrected chi connectivity index (χ4v) is 3.35. The third kappa shape index (κ3) is 5.32. The van der Waals surface area contributed by atoms with Crippen LogP contribution in [0.15, 0.2) is 42.5 Å². The second kappa shape index (κ2) is 9.52. The average Bonchev–Trinajstić information content (AvgIpc) is 2.72. The van der Waals surface area contributed by atoms with E-state index in [0.717, 1.165) is 17.1 Å². The number of carbonyl (C=O) groups excluding carboxylic acids is 1. The van der Waals surface area contributed by atoms with Gasteiger partial charge in [0.25, 0.3) is 0 Å². The number of likely N-dealkylation sites (N-methyl/N-ethyl adjacent to an activating group) is 1. The molecule has 2 aromatic rings. The van der Waals surface area contributed by atoms with Gasteiger partial charge < -0.3 is 24.3 Å². The number of nitrogens with zero attached hydrogens (tertiary/aromatic N) is 1. The largest absolute Gasteiger partial charge is 0.497 e. The lowest BCUT2D eigenvalue weighted by Gasteiger charge is -2.29. The molecule has 2 unspecified atom stereocenters. The van der Waals surface area contributed by atoms with Crippen molar-refractivity contribution in [3.63, 3.8) is 0 Å². The molecule has 0 aromatic heterocycles. The van der Waals surface area contributed by atoms with Crippen LogP contribution < -0.4 is 24.3 Å². The summed E-state index contributed by atoms with van der Waals surface area (Å²) in [6.45, 7) is 3.21. The van der Waals surface area contributed by atoms with Crippen molar-refractivity contribution in [2.75, 3.05) is 41.0 Å². The number of hydrogen-bond acceptors (Lipinski definition) is 6. The molecule has 7 nitrogen and oxygen atoms in total. The Morgan fingerprint density at radius 2 is 1.97 bits per heavy atom. The van der Waals surface area contributed by atoms with E-state index in [1.807, 2.05) is 61.3 Å². The van der Waals surface area contributed by atoms with Gasteiger partial charge in [0, 0.05) is 12.1 Å². The molecule has 3 rings (SSSR count). The fraction of sp³-hybridized carbons (Fsp3) is 0.409. The minimum absolute atomic E-state index is 0.0815. The zero-order chi connectivity index (χ0) is 20.8. The van der Waals surface area contributed by atoms with Crippen LogP contribution in [0, 0.1) is 0 Å². The molecule has 1 amide bonds. The summed E-state index contributed by atoms with van der Waals surface area (Å²) in [5.74, 6) is 2.83. The molecule has 0 saturated carbocycles. The van der Waals surface area contributed by atoms with E-state index >= 15 is 0 Å². The minimum atomic E-state index is -0.220. The van der Waals surface area contributed by atoms with Gasteiger partial charge >= 0.3 is 0 Å². The highest BCUT2D eigenvalue weighted by molar-refractivity contribution is 5.78. The van der Waals surface area contributed by atoms with Gasteiger partial charge in [-0.05, 0) is 44.3 Å². The Kier molecular flexibility index (Phi) is 6.82. The van der Waals surface area contributed by atoms with Gasteiger partial charge in [-0.1, -0.05) is 12.1 Å².